The van der Waals surface area contributed by atoms with Crippen molar-refractivity contribution in [1.29, 1.82) is 0 Å². The molecule has 0 spiro atoms. The molecular weight excluding hydrogens is 441 g/mol. The number of carbonyl (C=O) groups is 3. The third-order valence-electron chi connectivity index (χ3n) is 5.37. The molecule has 1 atom stereocenters. The third-order valence-corrected chi connectivity index (χ3v) is 5.37. The summed E-state index contributed by atoms with van der Waals surface area (Å²) in [5.41, 5.74) is 3.78. The van der Waals surface area contributed by atoms with Crippen LogP contribution in [0.2, 0.25) is 0 Å². The van der Waals surface area contributed by atoms with E-state index in [9.17, 15) is 27.6 Å². The molecule has 0 radical (unpaired) electrons. The summed E-state index contributed by atoms with van der Waals surface area (Å²) in [6.07, 6.45) is -3.15. The molecule has 182 valence electrons. The minimum atomic E-state index is -4.77. The molecule has 3 N–H and O–H groups in total. The van der Waals surface area contributed by atoms with Gasteiger partial charge in [-0.2, -0.15) is 13.2 Å². The number of hydrogen-bond acceptors (Lipinski definition) is 5. The van der Waals surface area contributed by atoms with E-state index >= 15 is 0 Å². The maximum atomic E-state index is 13.8. The molecular formula is C22H29F3N4O4. The Labute approximate surface area is 190 Å². The van der Waals surface area contributed by atoms with Crippen molar-refractivity contribution in [2.75, 3.05) is 36.5 Å². The predicted molar refractivity (Wildman–Crippen MR) is 115 cm³/mol. The molecule has 1 saturated heterocycles. The highest BCUT2D eigenvalue weighted by Gasteiger charge is 2.42. The number of nitrogens with two attached hydrogens (primary N) is 1. The molecule has 3 rings (SSSR count). The van der Waals surface area contributed by atoms with Crippen LogP contribution in [0.5, 0.6) is 0 Å². The molecule has 1 aromatic carbocycles. The van der Waals surface area contributed by atoms with Crippen molar-refractivity contribution in [1.82, 2.24) is 4.90 Å². The molecule has 8 nitrogen and oxygen atoms in total. The zero-order valence-corrected chi connectivity index (χ0v) is 18.9. The Morgan fingerprint density at radius 2 is 1.94 bits per heavy atom. The van der Waals surface area contributed by atoms with Gasteiger partial charge in [-0.25, -0.2) is 0 Å². The summed E-state index contributed by atoms with van der Waals surface area (Å²) in [5.74, 6) is -2.24. The number of ether oxygens (including phenoxy) is 1. The normalized spacial score (nSPS) is 18.4. The number of alkyl halides is 3. The molecule has 11 heteroatoms. The Hall–Kier alpha value is -2.66. The number of halogens is 3. The maximum Gasteiger partial charge on any atom is 0.418 e. The van der Waals surface area contributed by atoms with Gasteiger partial charge in [0.25, 0.3) is 11.8 Å². The van der Waals surface area contributed by atoms with E-state index in [-0.39, 0.29) is 42.6 Å². The number of primary amides is 1. The van der Waals surface area contributed by atoms with Gasteiger partial charge in [0, 0.05) is 24.8 Å². The maximum absolute atomic E-state index is 13.8. The van der Waals surface area contributed by atoms with E-state index in [1.54, 1.807) is 4.90 Å². The van der Waals surface area contributed by atoms with Gasteiger partial charge < -0.3 is 20.7 Å². The second-order valence-corrected chi connectivity index (χ2v) is 9.59. The molecule has 3 amide bonds. The second-order valence-electron chi connectivity index (χ2n) is 9.59. The first-order chi connectivity index (χ1) is 15.3. The summed E-state index contributed by atoms with van der Waals surface area (Å²) < 4.78 is 46.4. The number of amides is 3. The molecule has 1 aliphatic heterocycles. The number of morpholine rings is 1. The number of benzene rings is 1. The van der Waals surface area contributed by atoms with E-state index in [0.717, 1.165) is 29.9 Å². The van der Waals surface area contributed by atoms with E-state index < -0.39 is 35.5 Å². The van der Waals surface area contributed by atoms with Crippen molar-refractivity contribution >= 4 is 29.1 Å². The number of nitrogens with one attached hydrogen (secondary N) is 1. The first-order valence-electron chi connectivity index (χ1n) is 10.7. The zero-order chi connectivity index (χ0) is 24.6. The molecule has 2 fully saturated rings. The van der Waals surface area contributed by atoms with Crippen molar-refractivity contribution in [3.05, 3.63) is 23.8 Å². The summed E-state index contributed by atoms with van der Waals surface area (Å²) in [7, 11) is 0. The SMILES string of the molecule is CC(C)(C)CN(C1CC1)[C@@H](C(N)=O)C(=O)Nc1ccc(N2CCOCC2=O)c(C(F)(F)F)c1. The monoisotopic (exact) mass is 470 g/mol. The highest BCUT2D eigenvalue weighted by Crippen LogP contribution is 2.39. The van der Waals surface area contributed by atoms with Crippen LogP contribution >= 0.6 is 0 Å². The van der Waals surface area contributed by atoms with E-state index in [2.05, 4.69) is 5.32 Å². The predicted octanol–water partition coefficient (Wildman–Crippen LogP) is 2.37. The van der Waals surface area contributed by atoms with Crippen molar-refractivity contribution < 1.29 is 32.3 Å². The summed E-state index contributed by atoms with van der Waals surface area (Å²) in [5, 5.41) is 2.42. The fourth-order valence-electron chi connectivity index (χ4n) is 3.89. The number of rotatable bonds is 7. The Bertz CT molecular complexity index is 925. The van der Waals surface area contributed by atoms with Gasteiger partial charge in [0.05, 0.1) is 17.9 Å². The third kappa shape index (κ3) is 6.23. The van der Waals surface area contributed by atoms with Crippen LogP contribution in [0.3, 0.4) is 0 Å². The number of anilines is 2. The minimum absolute atomic E-state index is 0.0134. The topological polar surface area (TPSA) is 105 Å². The van der Waals surface area contributed by atoms with Gasteiger partial charge in [0.15, 0.2) is 6.04 Å². The highest BCUT2D eigenvalue weighted by atomic mass is 19.4. The molecule has 1 aliphatic carbocycles. The van der Waals surface area contributed by atoms with E-state index in [1.807, 2.05) is 20.8 Å². The van der Waals surface area contributed by atoms with Crippen molar-refractivity contribution in [3.8, 4) is 0 Å². The summed E-state index contributed by atoms with van der Waals surface area (Å²) in [6.45, 7) is 6.09. The lowest BCUT2D eigenvalue weighted by Gasteiger charge is -2.34. The van der Waals surface area contributed by atoms with Crippen LogP contribution in [0.25, 0.3) is 0 Å². The van der Waals surface area contributed by atoms with Crippen LogP contribution in [-0.4, -0.2) is 61.0 Å². The number of hydrogen-bond donors (Lipinski definition) is 2. The lowest BCUT2D eigenvalue weighted by molar-refractivity contribution is -0.138. The quantitative estimate of drug-likeness (QED) is 0.596. The van der Waals surface area contributed by atoms with Gasteiger partial charge >= 0.3 is 6.18 Å². The molecule has 0 unspecified atom stereocenters. The highest BCUT2D eigenvalue weighted by molar-refractivity contribution is 6.09. The lowest BCUT2D eigenvalue weighted by Crippen LogP contribution is -2.55. The van der Waals surface area contributed by atoms with E-state index in [1.165, 1.54) is 6.07 Å². The second kappa shape index (κ2) is 9.30. The summed E-state index contributed by atoms with van der Waals surface area (Å²) in [6, 6.07) is 1.88. The van der Waals surface area contributed by atoms with Gasteiger partial charge in [-0.15, -0.1) is 0 Å². The van der Waals surface area contributed by atoms with Crippen LogP contribution in [0, 0.1) is 5.41 Å². The van der Waals surface area contributed by atoms with Gasteiger partial charge in [0.2, 0.25) is 5.91 Å². The molecule has 2 aliphatic rings. The molecule has 0 bridgehead atoms. The average Bonchev–Trinajstić information content (AvgIpc) is 3.51. The number of nitrogens with zero attached hydrogens (tertiary/aromatic N) is 2. The van der Waals surface area contributed by atoms with Crippen LogP contribution < -0.4 is 16.0 Å². The van der Waals surface area contributed by atoms with Crippen molar-refractivity contribution in [2.24, 2.45) is 11.1 Å². The molecule has 33 heavy (non-hydrogen) atoms. The molecule has 1 aromatic rings. The fourth-order valence-corrected chi connectivity index (χ4v) is 3.89. The van der Waals surface area contributed by atoms with Crippen molar-refractivity contribution in [2.45, 2.75) is 51.9 Å². The van der Waals surface area contributed by atoms with Gasteiger partial charge in [-0.3, -0.25) is 19.3 Å². The van der Waals surface area contributed by atoms with Crippen LogP contribution in [0.15, 0.2) is 18.2 Å². The Balaban J connectivity index is 1.88. The zero-order valence-electron chi connectivity index (χ0n) is 18.9. The smallest absolute Gasteiger partial charge is 0.370 e. The van der Waals surface area contributed by atoms with E-state index in [0.29, 0.717) is 6.54 Å². The summed E-state index contributed by atoms with van der Waals surface area (Å²) >= 11 is 0. The van der Waals surface area contributed by atoms with Crippen LogP contribution in [0.1, 0.15) is 39.2 Å². The van der Waals surface area contributed by atoms with Crippen LogP contribution in [0.4, 0.5) is 24.5 Å². The fraction of sp³-hybridized carbons (Fsp3) is 0.591. The van der Waals surface area contributed by atoms with Gasteiger partial charge in [-0.1, -0.05) is 20.8 Å². The molecule has 0 aromatic heterocycles. The first kappa shape index (κ1) is 25.0. The standard InChI is InChI=1S/C22H29F3N4O4/c1-21(2,3)12-29(14-5-6-14)18(19(26)31)20(32)27-13-4-7-16(15(10-13)22(23,24)25)28-8-9-33-11-17(28)30/h4,7,10,14,18H,5-6,8-9,11-12H2,1-3H3,(H2,26,31)(H,27,32)/t18-/m0/s1. The lowest BCUT2D eigenvalue weighted by atomic mass is 9.94. The largest absolute Gasteiger partial charge is 0.418 e. The Kier molecular flexibility index (Phi) is 7.04. The van der Waals surface area contributed by atoms with Gasteiger partial charge in [-0.05, 0) is 36.5 Å². The van der Waals surface area contributed by atoms with E-state index in [4.69, 9.17) is 10.5 Å². The molecule has 1 saturated carbocycles. The molecule has 1 heterocycles. The number of carbonyl (C=O) groups excluding carboxylic acids is 3. The minimum Gasteiger partial charge on any atom is -0.370 e. The Morgan fingerprint density at radius 3 is 2.45 bits per heavy atom. The average molecular weight is 470 g/mol. The van der Waals surface area contributed by atoms with Crippen molar-refractivity contribution in [3.63, 3.8) is 0 Å². The summed E-state index contributed by atoms with van der Waals surface area (Å²) in [4.78, 5) is 40.0. The first-order valence-corrected chi connectivity index (χ1v) is 10.7. The van der Waals surface area contributed by atoms with Gasteiger partial charge in [0.1, 0.15) is 6.61 Å². The Morgan fingerprint density at radius 1 is 1.27 bits per heavy atom. The van der Waals surface area contributed by atoms with Crippen LogP contribution in [-0.2, 0) is 25.3 Å².